The molecule has 64 valence electrons. The maximum absolute atomic E-state index is 10.7. The second-order valence-electron chi connectivity index (χ2n) is 2.36. The van der Waals surface area contributed by atoms with E-state index in [1.807, 2.05) is 18.2 Å². The van der Waals surface area contributed by atoms with E-state index in [1.165, 1.54) is 6.92 Å². The number of para-hydroxylation sites is 1. The van der Waals surface area contributed by atoms with Gasteiger partial charge in [0.05, 0.1) is 0 Å². The molecule has 0 N–H and O–H groups in total. The number of rotatable bonds is 3. The molecule has 12 heavy (non-hydrogen) atoms. The van der Waals surface area contributed by atoms with E-state index in [1.54, 1.807) is 12.1 Å². The van der Waals surface area contributed by atoms with E-state index < -0.39 is 5.56 Å². The third kappa shape index (κ3) is 2.55. The van der Waals surface area contributed by atoms with Gasteiger partial charge >= 0.3 is 0 Å². The Morgan fingerprint density at radius 2 is 2.00 bits per heavy atom. The van der Waals surface area contributed by atoms with Crippen molar-refractivity contribution < 1.29 is 9.53 Å². The Hall–Kier alpha value is -1.02. The molecule has 0 saturated heterocycles. The molecule has 1 unspecified atom stereocenters. The molecule has 1 aromatic rings. The maximum atomic E-state index is 10.7. The number of carbonyl (C=O) groups is 1. The highest BCUT2D eigenvalue weighted by molar-refractivity contribution is 6.29. The standard InChI is InChI=1S/C9H9ClO2/c1-7(11)9(10)12-8-5-3-2-4-6-8/h2-6,9H,1H3. The number of carbonyl (C=O) groups excluding carboxylic acids is 1. The predicted octanol–water partition coefficient (Wildman–Crippen LogP) is 2.22. The fourth-order valence-electron chi connectivity index (χ4n) is 0.702. The average Bonchev–Trinajstić information content (AvgIpc) is 2.06. The summed E-state index contributed by atoms with van der Waals surface area (Å²) in [7, 11) is 0. The van der Waals surface area contributed by atoms with Crippen molar-refractivity contribution in [3.8, 4) is 5.75 Å². The zero-order valence-electron chi connectivity index (χ0n) is 6.66. The van der Waals surface area contributed by atoms with E-state index in [0.29, 0.717) is 5.75 Å². The van der Waals surface area contributed by atoms with Crippen molar-refractivity contribution in [2.45, 2.75) is 12.5 Å². The summed E-state index contributed by atoms with van der Waals surface area (Å²) >= 11 is 5.58. The highest BCUT2D eigenvalue weighted by atomic mass is 35.5. The van der Waals surface area contributed by atoms with Crippen molar-refractivity contribution in [1.82, 2.24) is 0 Å². The third-order valence-electron chi connectivity index (χ3n) is 1.30. The van der Waals surface area contributed by atoms with Crippen molar-refractivity contribution in [3.05, 3.63) is 30.3 Å². The topological polar surface area (TPSA) is 26.3 Å². The molecule has 0 bridgehead atoms. The van der Waals surface area contributed by atoms with Gasteiger partial charge in [0.15, 0.2) is 5.78 Å². The average molecular weight is 185 g/mol. The minimum atomic E-state index is -0.882. The summed E-state index contributed by atoms with van der Waals surface area (Å²) in [5.74, 6) is 0.410. The van der Waals surface area contributed by atoms with E-state index in [9.17, 15) is 4.79 Å². The van der Waals surface area contributed by atoms with E-state index in [4.69, 9.17) is 16.3 Å². The summed E-state index contributed by atoms with van der Waals surface area (Å²) in [6, 6.07) is 9.00. The molecule has 0 aliphatic carbocycles. The van der Waals surface area contributed by atoms with Crippen LogP contribution in [-0.4, -0.2) is 11.3 Å². The van der Waals surface area contributed by atoms with E-state index >= 15 is 0 Å². The number of hydrogen-bond donors (Lipinski definition) is 0. The number of ether oxygens (including phenoxy) is 1. The number of hydrogen-bond acceptors (Lipinski definition) is 2. The van der Waals surface area contributed by atoms with Gasteiger partial charge in [-0.1, -0.05) is 29.8 Å². The van der Waals surface area contributed by atoms with E-state index in [0.717, 1.165) is 0 Å². The van der Waals surface area contributed by atoms with Crippen molar-refractivity contribution in [3.63, 3.8) is 0 Å². The first kappa shape index (κ1) is 9.07. The van der Waals surface area contributed by atoms with Crippen molar-refractivity contribution >= 4 is 17.4 Å². The molecule has 2 nitrogen and oxygen atoms in total. The lowest BCUT2D eigenvalue weighted by Gasteiger charge is -2.08. The smallest absolute Gasteiger partial charge is 0.229 e. The van der Waals surface area contributed by atoms with Crippen LogP contribution in [0.3, 0.4) is 0 Å². The number of halogens is 1. The molecule has 0 aromatic heterocycles. The van der Waals surface area contributed by atoms with Gasteiger partial charge in [0.25, 0.3) is 0 Å². The maximum Gasteiger partial charge on any atom is 0.229 e. The summed E-state index contributed by atoms with van der Waals surface area (Å²) in [5.41, 5.74) is -0.882. The highest BCUT2D eigenvalue weighted by Crippen LogP contribution is 2.12. The molecule has 1 aromatic carbocycles. The first-order valence-electron chi connectivity index (χ1n) is 3.56. The normalized spacial score (nSPS) is 12.2. The Labute approximate surface area is 76.1 Å². The summed E-state index contributed by atoms with van der Waals surface area (Å²) in [6.45, 7) is 1.39. The Morgan fingerprint density at radius 1 is 1.42 bits per heavy atom. The SMILES string of the molecule is CC(=O)C(Cl)Oc1ccccc1. The van der Waals surface area contributed by atoms with Crippen molar-refractivity contribution in [2.75, 3.05) is 0 Å². The third-order valence-corrected chi connectivity index (χ3v) is 1.70. The lowest BCUT2D eigenvalue weighted by molar-refractivity contribution is -0.120. The number of benzene rings is 1. The molecular weight excluding hydrogens is 176 g/mol. The zero-order valence-corrected chi connectivity index (χ0v) is 7.41. The van der Waals surface area contributed by atoms with Crippen molar-refractivity contribution in [2.24, 2.45) is 0 Å². The Balaban J connectivity index is 2.58. The molecule has 0 heterocycles. The van der Waals surface area contributed by atoms with Gasteiger partial charge < -0.3 is 4.74 Å². The zero-order chi connectivity index (χ0) is 8.97. The van der Waals surface area contributed by atoms with E-state index in [-0.39, 0.29) is 5.78 Å². The Bertz CT molecular complexity index is 258. The number of alkyl halides is 1. The largest absolute Gasteiger partial charge is 0.467 e. The molecule has 0 fully saturated rings. The predicted molar refractivity (Wildman–Crippen MR) is 47.4 cm³/mol. The van der Waals surface area contributed by atoms with Crippen LogP contribution in [0.25, 0.3) is 0 Å². The van der Waals surface area contributed by atoms with Gasteiger partial charge in [-0.25, -0.2) is 0 Å². The van der Waals surface area contributed by atoms with Crippen LogP contribution >= 0.6 is 11.6 Å². The second-order valence-corrected chi connectivity index (χ2v) is 2.75. The molecule has 3 heteroatoms. The van der Waals surface area contributed by atoms with Crippen LogP contribution < -0.4 is 4.74 Å². The summed E-state index contributed by atoms with van der Waals surface area (Å²) in [4.78, 5) is 10.7. The molecule has 0 spiro atoms. The Kier molecular flexibility index (Phi) is 3.11. The summed E-state index contributed by atoms with van der Waals surface area (Å²) in [5, 5.41) is 0. The molecule has 0 aliphatic heterocycles. The fraction of sp³-hybridized carbons (Fsp3) is 0.222. The van der Waals surface area contributed by atoms with Gasteiger partial charge in [0, 0.05) is 0 Å². The van der Waals surface area contributed by atoms with E-state index in [2.05, 4.69) is 0 Å². The number of Topliss-reactive ketones (excluding diaryl/α,β-unsaturated/α-hetero) is 1. The Morgan fingerprint density at radius 3 is 2.50 bits per heavy atom. The van der Waals surface area contributed by atoms with Gasteiger partial charge in [-0.3, -0.25) is 4.79 Å². The number of ketones is 1. The monoisotopic (exact) mass is 184 g/mol. The van der Waals surface area contributed by atoms with Crippen LogP contribution in [-0.2, 0) is 4.79 Å². The first-order chi connectivity index (χ1) is 5.70. The van der Waals surface area contributed by atoms with Crippen LogP contribution in [0.15, 0.2) is 30.3 Å². The molecular formula is C9H9ClO2. The molecule has 1 atom stereocenters. The van der Waals surface area contributed by atoms with Gasteiger partial charge in [-0.2, -0.15) is 0 Å². The van der Waals surface area contributed by atoms with Crippen LogP contribution in [0.2, 0.25) is 0 Å². The lowest BCUT2D eigenvalue weighted by Crippen LogP contribution is -2.17. The van der Waals surface area contributed by atoms with Crippen LogP contribution in [0.5, 0.6) is 5.75 Å². The fourth-order valence-corrected chi connectivity index (χ4v) is 0.804. The second kappa shape index (κ2) is 4.12. The first-order valence-corrected chi connectivity index (χ1v) is 4.00. The minimum absolute atomic E-state index is 0.194. The van der Waals surface area contributed by atoms with Gasteiger partial charge in [0.2, 0.25) is 5.56 Å². The van der Waals surface area contributed by atoms with Gasteiger partial charge in [0.1, 0.15) is 5.75 Å². The van der Waals surface area contributed by atoms with Crippen LogP contribution in [0, 0.1) is 0 Å². The van der Waals surface area contributed by atoms with Crippen LogP contribution in [0.4, 0.5) is 0 Å². The van der Waals surface area contributed by atoms with Crippen molar-refractivity contribution in [1.29, 1.82) is 0 Å². The molecule has 1 rings (SSSR count). The van der Waals surface area contributed by atoms with Gasteiger partial charge in [-0.15, -0.1) is 0 Å². The lowest BCUT2D eigenvalue weighted by atomic mass is 10.3. The molecule has 0 aliphatic rings. The van der Waals surface area contributed by atoms with Gasteiger partial charge in [-0.05, 0) is 19.1 Å². The summed E-state index contributed by atoms with van der Waals surface area (Å²) in [6.07, 6.45) is 0. The highest BCUT2D eigenvalue weighted by Gasteiger charge is 2.10. The summed E-state index contributed by atoms with van der Waals surface area (Å²) < 4.78 is 5.09. The minimum Gasteiger partial charge on any atom is -0.467 e. The van der Waals surface area contributed by atoms with Crippen LogP contribution in [0.1, 0.15) is 6.92 Å². The molecule has 0 amide bonds. The molecule has 0 saturated carbocycles. The quantitative estimate of drug-likeness (QED) is 0.674. The molecule has 0 radical (unpaired) electrons.